The molecule has 6 nitrogen and oxygen atoms in total. The van der Waals surface area contributed by atoms with Gasteiger partial charge in [-0.25, -0.2) is 14.4 Å². The SMILES string of the molecule is C/C=C/C(=O)OCCC(COC(=O)/C=C/C)OC(=O)/C=C/C. The number of ether oxygens (including phenoxy) is 3. The van der Waals surface area contributed by atoms with Crippen LogP contribution in [0.3, 0.4) is 0 Å². The van der Waals surface area contributed by atoms with Crippen LogP contribution >= 0.6 is 0 Å². The van der Waals surface area contributed by atoms with Crippen molar-refractivity contribution in [2.45, 2.75) is 33.3 Å². The highest BCUT2D eigenvalue weighted by Gasteiger charge is 2.16. The molecule has 0 rings (SSSR count). The molecule has 22 heavy (non-hydrogen) atoms. The van der Waals surface area contributed by atoms with Crippen molar-refractivity contribution in [2.24, 2.45) is 0 Å². The van der Waals surface area contributed by atoms with E-state index in [1.807, 2.05) is 0 Å². The van der Waals surface area contributed by atoms with Gasteiger partial charge in [0, 0.05) is 24.6 Å². The van der Waals surface area contributed by atoms with Crippen LogP contribution in [0.5, 0.6) is 0 Å². The van der Waals surface area contributed by atoms with Gasteiger partial charge in [0.1, 0.15) is 12.7 Å². The van der Waals surface area contributed by atoms with E-state index >= 15 is 0 Å². The van der Waals surface area contributed by atoms with Gasteiger partial charge < -0.3 is 14.2 Å². The predicted octanol–water partition coefficient (Wildman–Crippen LogP) is 2.10. The molecular weight excluding hydrogens is 288 g/mol. The molecule has 0 aromatic carbocycles. The van der Waals surface area contributed by atoms with Crippen LogP contribution in [0.4, 0.5) is 0 Å². The van der Waals surface area contributed by atoms with Gasteiger partial charge in [0.25, 0.3) is 0 Å². The zero-order valence-electron chi connectivity index (χ0n) is 13.1. The number of esters is 3. The van der Waals surface area contributed by atoms with E-state index in [-0.39, 0.29) is 19.6 Å². The minimum atomic E-state index is -0.684. The molecule has 0 amide bonds. The molecule has 0 radical (unpaired) electrons. The number of hydrogen-bond acceptors (Lipinski definition) is 6. The Balaban J connectivity index is 4.41. The molecule has 0 aromatic heterocycles. The summed E-state index contributed by atoms with van der Waals surface area (Å²) in [6.07, 6.45) is 7.99. The third-order valence-electron chi connectivity index (χ3n) is 2.29. The fraction of sp³-hybridized carbons (Fsp3) is 0.438. The standard InChI is InChI=1S/C16H22O6/c1-4-7-14(17)20-11-10-13(22-16(19)9-6-3)12-21-15(18)8-5-2/h4-9,13H,10-12H2,1-3H3/b7-4+,8-5+,9-6+. The average Bonchev–Trinajstić information content (AvgIpc) is 2.45. The summed E-state index contributed by atoms with van der Waals surface area (Å²) in [5.74, 6) is -1.55. The Bertz CT molecular complexity index is 448. The van der Waals surface area contributed by atoms with Crippen LogP contribution in [0.15, 0.2) is 36.5 Å². The Hall–Kier alpha value is -2.37. The van der Waals surface area contributed by atoms with Crippen molar-refractivity contribution in [3.8, 4) is 0 Å². The zero-order chi connectivity index (χ0) is 16.8. The molecule has 0 fully saturated rings. The molecule has 0 aliphatic rings. The Morgan fingerprint density at radius 3 is 1.86 bits per heavy atom. The molecule has 0 aliphatic carbocycles. The van der Waals surface area contributed by atoms with Gasteiger partial charge in [0.2, 0.25) is 0 Å². The largest absolute Gasteiger partial charge is 0.462 e. The predicted molar refractivity (Wildman–Crippen MR) is 80.9 cm³/mol. The summed E-state index contributed by atoms with van der Waals surface area (Å²) < 4.78 is 15.0. The van der Waals surface area contributed by atoms with Gasteiger partial charge in [-0.1, -0.05) is 18.2 Å². The Morgan fingerprint density at radius 1 is 0.818 bits per heavy atom. The van der Waals surface area contributed by atoms with Gasteiger partial charge in [0.15, 0.2) is 0 Å². The molecule has 0 N–H and O–H groups in total. The third kappa shape index (κ3) is 10.4. The lowest BCUT2D eigenvalue weighted by Crippen LogP contribution is -2.26. The smallest absolute Gasteiger partial charge is 0.330 e. The number of hydrogen-bond donors (Lipinski definition) is 0. The number of rotatable bonds is 9. The van der Waals surface area contributed by atoms with E-state index in [0.717, 1.165) is 0 Å². The molecule has 1 unspecified atom stereocenters. The van der Waals surface area contributed by atoms with E-state index < -0.39 is 24.0 Å². The summed E-state index contributed by atoms with van der Waals surface area (Å²) in [5.41, 5.74) is 0. The summed E-state index contributed by atoms with van der Waals surface area (Å²) in [6.45, 7) is 5.02. The second-order valence-electron chi connectivity index (χ2n) is 4.15. The normalized spacial score (nSPS) is 12.7. The van der Waals surface area contributed by atoms with Gasteiger partial charge >= 0.3 is 17.9 Å². The van der Waals surface area contributed by atoms with Gasteiger partial charge in [-0.05, 0) is 20.8 Å². The minimum Gasteiger partial charge on any atom is -0.462 e. The van der Waals surface area contributed by atoms with Crippen molar-refractivity contribution in [1.82, 2.24) is 0 Å². The average molecular weight is 310 g/mol. The first-order chi connectivity index (χ1) is 10.5. The summed E-state index contributed by atoms with van der Waals surface area (Å²) in [4.78, 5) is 33.9. The van der Waals surface area contributed by atoms with Crippen LogP contribution < -0.4 is 0 Å². The van der Waals surface area contributed by atoms with Crippen molar-refractivity contribution in [2.75, 3.05) is 13.2 Å². The van der Waals surface area contributed by atoms with Crippen LogP contribution in [0, 0.1) is 0 Å². The Morgan fingerprint density at radius 2 is 1.32 bits per heavy atom. The molecule has 0 aliphatic heterocycles. The summed E-state index contributed by atoms with van der Waals surface area (Å²) >= 11 is 0. The molecule has 122 valence electrons. The molecule has 0 saturated carbocycles. The van der Waals surface area contributed by atoms with Gasteiger partial charge in [-0.15, -0.1) is 0 Å². The summed E-state index contributed by atoms with van der Waals surface area (Å²) in [7, 11) is 0. The van der Waals surface area contributed by atoms with Crippen LogP contribution in [-0.4, -0.2) is 37.2 Å². The van der Waals surface area contributed by atoms with Crippen molar-refractivity contribution >= 4 is 17.9 Å². The van der Waals surface area contributed by atoms with Crippen LogP contribution in [0.1, 0.15) is 27.2 Å². The maximum atomic E-state index is 11.4. The Kier molecular flexibility index (Phi) is 11.0. The van der Waals surface area contributed by atoms with Crippen molar-refractivity contribution in [3.63, 3.8) is 0 Å². The monoisotopic (exact) mass is 310 g/mol. The molecule has 0 saturated heterocycles. The third-order valence-corrected chi connectivity index (χ3v) is 2.29. The lowest BCUT2D eigenvalue weighted by atomic mass is 10.3. The first-order valence-corrected chi connectivity index (χ1v) is 6.95. The van der Waals surface area contributed by atoms with E-state index in [9.17, 15) is 14.4 Å². The van der Waals surface area contributed by atoms with E-state index in [1.54, 1.807) is 32.9 Å². The summed E-state index contributed by atoms with van der Waals surface area (Å²) in [6, 6.07) is 0. The maximum Gasteiger partial charge on any atom is 0.330 e. The fourth-order valence-corrected chi connectivity index (χ4v) is 1.35. The Labute approximate surface area is 130 Å². The molecule has 0 aromatic rings. The van der Waals surface area contributed by atoms with Crippen LogP contribution in [0.25, 0.3) is 0 Å². The van der Waals surface area contributed by atoms with Gasteiger partial charge in [-0.2, -0.15) is 0 Å². The number of carbonyl (C=O) groups excluding carboxylic acids is 3. The molecule has 0 heterocycles. The zero-order valence-corrected chi connectivity index (χ0v) is 13.1. The summed E-state index contributed by atoms with van der Waals surface area (Å²) in [5, 5.41) is 0. The van der Waals surface area contributed by atoms with Crippen molar-refractivity contribution in [1.29, 1.82) is 0 Å². The molecule has 1 atom stereocenters. The molecular formula is C16H22O6. The van der Waals surface area contributed by atoms with Gasteiger partial charge in [0.05, 0.1) is 6.61 Å². The fourth-order valence-electron chi connectivity index (χ4n) is 1.35. The van der Waals surface area contributed by atoms with Gasteiger partial charge in [-0.3, -0.25) is 0 Å². The van der Waals surface area contributed by atoms with Crippen LogP contribution in [-0.2, 0) is 28.6 Å². The second-order valence-corrected chi connectivity index (χ2v) is 4.15. The van der Waals surface area contributed by atoms with Crippen molar-refractivity contribution in [3.05, 3.63) is 36.5 Å². The minimum absolute atomic E-state index is 0.0537. The molecule has 0 spiro atoms. The lowest BCUT2D eigenvalue weighted by Gasteiger charge is -2.16. The maximum absolute atomic E-state index is 11.4. The lowest BCUT2D eigenvalue weighted by molar-refractivity contribution is -0.154. The van der Waals surface area contributed by atoms with E-state index in [4.69, 9.17) is 14.2 Å². The highest BCUT2D eigenvalue weighted by molar-refractivity contribution is 5.83. The molecule has 0 bridgehead atoms. The van der Waals surface area contributed by atoms with E-state index in [2.05, 4.69) is 0 Å². The highest BCUT2D eigenvalue weighted by Crippen LogP contribution is 2.03. The topological polar surface area (TPSA) is 78.9 Å². The number of carbonyl (C=O) groups is 3. The van der Waals surface area contributed by atoms with Crippen molar-refractivity contribution < 1.29 is 28.6 Å². The number of allylic oxidation sites excluding steroid dienone is 3. The van der Waals surface area contributed by atoms with E-state index in [0.29, 0.717) is 0 Å². The molecule has 6 heteroatoms. The second kappa shape index (κ2) is 12.4. The first kappa shape index (κ1) is 19.6. The highest BCUT2D eigenvalue weighted by atomic mass is 16.6. The first-order valence-electron chi connectivity index (χ1n) is 6.95. The van der Waals surface area contributed by atoms with Crippen LogP contribution in [0.2, 0.25) is 0 Å². The quantitative estimate of drug-likeness (QED) is 0.369. The van der Waals surface area contributed by atoms with E-state index in [1.165, 1.54) is 24.3 Å².